The zero-order chi connectivity index (χ0) is 31.5. The first-order valence-corrected chi connectivity index (χ1v) is 17.9. The van der Waals surface area contributed by atoms with Gasteiger partial charge in [0.1, 0.15) is 17.2 Å². The minimum absolute atomic E-state index is 0.321. The van der Waals surface area contributed by atoms with Gasteiger partial charge in [0.2, 0.25) is 0 Å². The molecule has 0 saturated heterocycles. The Labute approximate surface area is 304 Å². The average Bonchev–Trinajstić information content (AvgIpc) is 2.91. The van der Waals surface area contributed by atoms with Crippen LogP contribution >= 0.6 is 90.4 Å². The molecule has 4 aromatic rings. The standard InChI is InChI=1S/C35H36I4O3/c1-18-9-20(14-26(36)30(18)40)33(3,4)22-11-23(34(5,6)21-10-19(2)31(41)27(37)15-21)13-24(12-22)35(7,8)25-16-28(38)32(42)29(39)17-25/h9-17,40-42H,1-8H3. The van der Waals surface area contributed by atoms with Gasteiger partial charge in [0, 0.05) is 16.2 Å². The molecule has 0 bridgehead atoms. The van der Waals surface area contributed by atoms with Crippen LogP contribution in [0.3, 0.4) is 0 Å². The van der Waals surface area contributed by atoms with Crippen LogP contribution in [-0.2, 0) is 16.2 Å². The molecule has 0 saturated carbocycles. The van der Waals surface area contributed by atoms with E-state index in [1.807, 2.05) is 13.8 Å². The van der Waals surface area contributed by atoms with Crippen molar-refractivity contribution in [1.29, 1.82) is 0 Å². The van der Waals surface area contributed by atoms with Crippen molar-refractivity contribution in [3.05, 3.63) is 113 Å². The normalized spacial score (nSPS) is 12.6. The van der Waals surface area contributed by atoms with Gasteiger partial charge in [-0.1, -0.05) is 71.9 Å². The summed E-state index contributed by atoms with van der Waals surface area (Å²) in [6.07, 6.45) is 0. The van der Waals surface area contributed by atoms with E-state index in [0.717, 1.165) is 42.1 Å². The van der Waals surface area contributed by atoms with Crippen molar-refractivity contribution in [2.45, 2.75) is 71.6 Å². The first kappa shape index (κ1) is 34.1. The van der Waals surface area contributed by atoms with E-state index in [1.165, 1.54) is 16.7 Å². The van der Waals surface area contributed by atoms with Gasteiger partial charge in [-0.25, -0.2) is 0 Å². The summed E-state index contributed by atoms with van der Waals surface area (Å²) in [5, 5.41) is 31.5. The van der Waals surface area contributed by atoms with Crippen molar-refractivity contribution in [2.24, 2.45) is 0 Å². The summed E-state index contributed by atoms with van der Waals surface area (Å²) in [6.45, 7) is 17.4. The summed E-state index contributed by atoms with van der Waals surface area (Å²) in [5.41, 5.74) is 7.64. The van der Waals surface area contributed by atoms with E-state index in [0.29, 0.717) is 17.2 Å². The van der Waals surface area contributed by atoms with E-state index >= 15 is 0 Å². The number of rotatable bonds is 6. The minimum Gasteiger partial charge on any atom is -0.507 e. The van der Waals surface area contributed by atoms with Gasteiger partial charge >= 0.3 is 0 Å². The van der Waals surface area contributed by atoms with Crippen molar-refractivity contribution >= 4 is 90.4 Å². The highest BCUT2D eigenvalue weighted by molar-refractivity contribution is 14.1. The zero-order valence-electron chi connectivity index (χ0n) is 25.0. The van der Waals surface area contributed by atoms with Crippen LogP contribution in [0, 0.1) is 28.1 Å². The van der Waals surface area contributed by atoms with Gasteiger partial charge in [-0.3, -0.25) is 0 Å². The molecule has 0 aliphatic rings. The summed E-state index contributed by atoms with van der Waals surface area (Å²) >= 11 is 8.85. The maximum Gasteiger partial charge on any atom is 0.142 e. The van der Waals surface area contributed by atoms with Crippen molar-refractivity contribution in [3.63, 3.8) is 0 Å². The Kier molecular flexibility index (Phi) is 9.89. The Morgan fingerprint density at radius 1 is 0.381 bits per heavy atom. The molecule has 3 N–H and O–H groups in total. The third-order valence-corrected chi connectivity index (χ3v) is 12.1. The van der Waals surface area contributed by atoms with E-state index < -0.39 is 0 Å². The van der Waals surface area contributed by atoms with Gasteiger partial charge in [-0.2, -0.15) is 0 Å². The minimum atomic E-state index is -0.358. The average molecular weight is 1010 g/mol. The lowest BCUT2D eigenvalue weighted by Crippen LogP contribution is -2.27. The molecule has 222 valence electrons. The van der Waals surface area contributed by atoms with Crippen molar-refractivity contribution in [3.8, 4) is 17.2 Å². The quantitative estimate of drug-likeness (QED) is 0.169. The number of hydrogen-bond acceptors (Lipinski definition) is 3. The fraction of sp³-hybridized carbons (Fsp3) is 0.314. The van der Waals surface area contributed by atoms with E-state index in [1.54, 1.807) is 0 Å². The number of benzene rings is 4. The lowest BCUT2D eigenvalue weighted by Gasteiger charge is -2.35. The topological polar surface area (TPSA) is 60.7 Å². The SMILES string of the molecule is Cc1cc(C(C)(C)c2cc(C(C)(C)c3cc(C)c(O)c(I)c3)cc(C(C)(C)c3cc(I)c(O)c(I)c3)c2)cc(I)c1O. The van der Waals surface area contributed by atoms with E-state index in [9.17, 15) is 15.3 Å². The Morgan fingerprint density at radius 3 is 0.857 bits per heavy atom. The van der Waals surface area contributed by atoms with Crippen LogP contribution < -0.4 is 0 Å². The molecule has 0 aliphatic heterocycles. The zero-order valence-corrected chi connectivity index (χ0v) is 33.7. The highest BCUT2D eigenvalue weighted by atomic mass is 127. The second-order valence-electron chi connectivity index (χ2n) is 12.7. The first-order valence-electron chi connectivity index (χ1n) is 13.6. The van der Waals surface area contributed by atoms with Crippen molar-refractivity contribution in [1.82, 2.24) is 0 Å². The maximum atomic E-state index is 10.5. The van der Waals surface area contributed by atoms with Crippen molar-refractivity contribution in [2.75, 3.05) is 0 Å². The fourth-order valence-electron chi connectivity index (χ4n) is 5.33. The van der Waals surface area contributed by atoms with Gasteiger partial charge in [0.25, 0.3) is 0 Å². The maximum absolute atomic E-state index is 10.5. The lowest BCUT2D eigenvalue weighted by atomic mass is 9.69. The molecule has 4 rings (SSSR count). The summed E-state index contributed by atoms with van der Waals surface area (Å²) < 4.78 is 3.36. The number of hydrogen-bond donors (Lipinski definition) is 3. The lowest BCUT2D eigenvalue weighted by molar-refractivity contribution is 0.465. The molecule has 0 amide bonds. The molecule has 0 fully saturated rings. The molecule has 3 nitrogen and oxygen atoms in total. The summed E-state index contributed by atoms with van der Waals surface area (Å²) in [6, 6.07) is 19.5. The largest absolute Gasteiger partial charge is 0.507 e. The Balaban J connectivity index is 2.02. The predicted octanol–water partition coefficient (Wildman–Crippen LogP) is 10.8. The highest BCUT2D eigenvalue weighted by Gasteiger charge is 2.34. The Hall–Kier alpha value is -0.800. The van der Waals surface area contributed by atoms with Gasteiger partial charge < -0.3 is 15.3 Å². The molecule has 42 heavy (non-hydrogen) atoms. The molecule has 0 spiro atoms. The van der Waals surface area contributed by atoms with Gasteiger partial charge in [0.05, 0.1) is 14.3 Å². The fourth-order valence-corrected chi connectivity index (χ4v) is 8.62. The van der Waals surface area contributed by atoms with E-state index in [2.05, 4.69) is 187 Å². The summed E-state index contributed by atoms with van der Waals surface area (Å²) in [5.74, 6) is 0.989. The first-order chi connectivity index (χ1) is 19.3. The molecule has 0 unspecified atom stereocenters. The van der Waals surface area contributed by atoms with Crippen LogP contribution in [0.5, 0.6) is 17.2 Å². The van der Waals surface area contributed by atoms with E-state index in [4.69, 9.17) is 0 Å². The van der Waals surface area contributed by atoms with Crippen molar-refractivity contribution < 1.29 is 15.3 Å². The van der Waals surface area contributed by atoms with E-state index in [-0.39, 0.29) is 16.2 Å². The number of aryl methyl sites for hydroxylation is 2. The number of phenols is 3. The van der Waals surface area contributed by atoms with Gasteiger partial charge in [0.15, 0.2) is 0 Å². The summed E-state index contributed by atoms with van der Waals surface area (Å²) in [7, 11) is 0. The van der Waals surface area contributed by atoms with Crippen LogP contribution in [0.15, 0.2) is 54.6 Å². The number of halogens is 4. The Bertz CT molecular complexity index is 1420. The van der Waals surface area contributed by atoms with Crippen LogP contribution in [-0.4, -0.2) is 15.3 Å². The monoisotopic (exact) mass is 1010 g/mol. The predicted molar refractivity (Wildman–Crippen MR) is 207 cm³/mol. The highest BCUT2D eigenvalue weighted by Crippen LogP contribution is 2.44. The molecule has 4 aromatic carbocycles. The molecule has 0 aromatic heterocycles. The molecule has 0 heterocycles. The Morgan fingerprint density at radius 2 is 0.595 bits per heavy atom. The van der Waals surface area contributed by atoms with Crippen LogP contribution in [0.1, 0.15) is 86.1 Å². The number of aromatic hydroxyl groups is 3. The van der Waals surface area contributed by atoms with Gasteiger partial charge in [-0.05, 0) is 173 Å². The second kappa shape index (κ2) is 12.2. The molecule has 0 atom stereocenters. The summed E-state index contributed by atoms with van der Waals surface area (Å²) in [4.78, 5) is 0. The third kappa shape index (κ3) is 6.31. The van der Waals surface area contributed by atoms with Crippen LogP contribution in [0.25, 0.3) is 0 Å². The van der Waals surface area contributed by atoms with Crippen LogP contribution in [0.2, 0.25) is 0 Å². The molecular formula is C35H36I4O3. The smallest absolute Gasteiger partial charge is 0.142 e. The third-order valence-electron chi connectivity index (χ3n) is 8.79. The molecule has 0 aliphatic carbocycles. The van der Waals surface area contributed by atoms with Gasteiger partial charge in [-0.15, -0.1) is 0 Å². The molecule has 7 heteroatoms. The molecular weight excluding hydrogens is 976 g/mol. The number of phenolic OH excluding ortho intramolecular Hbond substituents is 3. The molecule has 0 radical (unpaired) electrons. The second-order valence-corrected chi connectivity index (χ2v) is 17.4. The van der Waals surface area contributed by atoms with Crippen LogP contribution in [0.4, 0.5) is 0 Å².